The van der Waals surface area contributed by atoms with Crippen LogP contribution in [0.2, 0.25) is 0 Å². The number of hydrogen-bond donors (Lipinski definition) is 1. The van der Waals surface area contributed by atoms with Crippen molar-refractivity contribution in [3.8, 4) is 0 Å². The number of benzene rings is 2. The lowest BCUT2D eigenvalue weighted by Crippen LogP contribution is -2.37. The first-order valence-corrected chi connectivity index (χ1v) is 9.02. The zero-order chi connectivity index (χ0) is 17.6. The van der Waals surface area contributed by atoms with Gasteiger partial charge >= 0.3 is 0 Å². The molecule has 1 N–H and O–H groups in total. The van der Waals surface area contributed by atoms with Gasteiger partial charge in [0.05, 0.1) is 12.1 Å². The van der Waals surface area contributed by atoms with E-state index in [2.05, 4.69) is 31.3 Å². The van der Waals surface area contributed by atoms with E-state index in [1.165, 1.54) is 23.8 Å². The largest absolute Gasteiger partial charge is 0.377 e. The third-order valence-electron chi connectivity index (χ3n) is 5.47. The van der Waals surface area contributed by atoms with Gasteiger partial charge in [-0.25, -0.2) is 8.78 Å². The number of nitrogens with one attached hydrogen (secondary N) is 1. The normalized spacial score (nSPS) is 25.2. The van der Waals surface area contributed by atoms with Gasteiger partial charge in [0.25, 0.3) is 0 Å². The van der Waals surface area contributed by atoms with Crippen molar-refractivity contribution in [1.29, 1.82) is 0 Å². The van der Waals surface area contributed by atoms with E-state index in [1.807, 2.05) is 6.07 Å². The van der Waals surface area contributed by atoms with E-state index < -0.39 is 17.7 Å². The van der Waals surface area contributed by atoms with Crippen LogP contribution >= 0.6 is 0 Å². The molecule has 1 saturated heterocycles. The first-order chi connectivity index (χ1) is 12.1. The second kappa shape index (κ2) is 6.41. The number of hydrogen-bond acceptors (Lipinski definition) is 2. The molecule has 0 radical (unpaired) electrons. The maximum absolute atomic E-state index is 14.4. The van der Waals surface area contributed by atoms with Crippen LogP contribution in [-0.2, 0) is 4.74 Å². The third-order valence-corrected chi connectivity index (χ3v) is 5.47. The molecule has 2 nitrogen and oxygen atoms in total. The molecule has 2 aliphatic rings. The summed E-state index contributed by atoms with van der Waals surface area (Å²) >= 11 is 0. The second-order valence-corrected chi connectivity index (χ2v) is 7.36. The summed E-state index contributed by atoms with van der Waals surface area (Å²) in [5.41, 5.74) is 3.41. The van der Waals surface area contributed by atoms with Gasteiger partial charge in [-0.3, -0.25) is 0 Å². The van der Waals surface area contributed by atoms with E-state index in [1.54, 1.807) is 0 Å². The molecule has 0 saturated carbocycles. The zero-order valence-corrected chi connectivity index (χ0v) is 14.6. The molecule has 0 aromatic heterocycles. The molecule has 0 aliphatic carbocycles. The van der Waals surface area contributed by atoms with Crippen LogP contribution in [0.25, 0.3) is 0 Å². The summed E-state index contributed by atoms with van der Waals surface area (Å²) in [5.74, 6) is -0.544. The quantitative estimate of drug-likeness (QED) is 0.753. The molecular formula is C21H23F2NO. The number of anilines is 1. The fraction of sp³-hybridized carbons (Fsp3) is 0.429. The SMILES string of the molecule is CC(C)c1ccc2c(c1)[C@@H]1OCCC[C@@H]1[C@@H](c1c(F)cccc1F)N2. The molecule has 4 rings (SSSR count). The molecule has 2 heterocycles. The van der Waals surface area contributed by atoms with Gasteiger partial charge in [-0.2, -0.15) is 0 Å². The standard InChI is InChI=1S/C21H23F2NO/c1-12(2)13-8-9-18-15(11-13)21-14(5-4-10-25-21)20(24-18)19-16(22)6-3-7-17(19)23/h3,6-9,11-12,14,20-21,24H,4-5,10H2,1-2H3/t14-,20+,21-/m1/s1. The first-order valence-electron chi connectivity index (χ1n) is 9.02. The van der Waals surface area contributed by atoms with E-state index in [4.69, 9.17) is 4.74 Å². The van der Waals surface area contributed by atoms with Crippen molar-refractivity contribution >= 4 is 5.69 Å². The predicted molar refractivity (Wildman–Crippen MR) is 94.7 cm³/mol. The van der Waals surface area contributed by atoms with Crippen molar-refractivity contribution in [3.63, 3.8) is 0 Å². The fourth-order valence-electron chi connectivity index (χ4n) is 4.14. The molecule has 4 heteroatoms. The maximum Gasteiger partial charge on any atom is 0.131 e. The molecule has 3 atom stereocenters. The van der Waals surface area contributed by atoms with Gasteiger partial charge in [-0.05, 0) is 42.5 Å². The van der Waals surface area contributed by atoms with Crippen LogP contribution in [0.4, 0.5) is 14.5 Å². The van der Waals surface area contributed by atoms with Gasteiger partial charge in [-0.1, -0.05) is 32.0 Å². The summed E-state index contributed by atoms with van der Waals surface area (Å²) in [6.45, 7) is 5.02. The van der Waals surface area contributed by atoms with Crippen molar-refractivity contribution in [2.24, 2.45) is 5.92 Å². The van der Waals surface area contributed by atoms with E-state index in [9.17, 15) is 8.78 Å². The summed E-state index contributed by atoms with van der Waals surface area (Å²) in [6.07, 6.45) is 1.68. The Bertz CT molecular complexity index is 769. The van der Waals surface area contributed by atoms with Gasteiger partial charge in [0, 0.05) is 29.3 Å². The lowest BCUT2D eigenvalue weighted by atomic mass is 9.76. The Hall–Kier alpha value is -1.94. The van der Waals surface area contributed by atoms with Crippen LogP contribution in [0.5, 0.6) is 0 Å². The van der Waals surface area contributed by atoms with Crippen molar-refractivity contribution in [3.05, 3.63) is 64.7 Å². The summed E-state index contributed by atoms with van der Waals surface area (Å²) < 4.78 is 34.9. The van der Waals surface area contributed by atoms with Crippen molar-refractivity contribution in [2.45, 2.75) is 44.8 Å². The van der Waals surface area contributed by atoms with Crippen LogP contribution in [0.1, 0.15) is 61.4 Å². The molecular weight excluding hydrogens is 320 g/mol. The van der Waals surface area contributed by atoms with Gasteiger partial charge in [0.1, 0.15) is 11.6 Å². The number of fused-ring (bicyclic) bond motifs is 3. The van der Waals surface area contributed by atoms with E-state index >= 15 is 0 Å². The molecule has 0 spiro atoms. The topological polar surface area (TPSA) is 21.3 Å². The summed E-state index contributed by atoms with van der Waals surface area (Å²) in [4.78, 5) is 0. The number of halogens is 2. The molecule has 2 aromatic rings. The third kappa shape index (κ3) is 2.82. The zero-order valence-electron chi connectivity index (χ0n) is 14.6. The highest BCUT2D eigenvalue weighted by molar-refractivity contribution is 5.58. The second-order valence-electron chi connectivity index (χ2n) is 7.36. The molecule has 0 bridgehead atoms. The Kier molecular flexibility index (Phi) is 4.24. The van der Waals surface area contributed by atoms with Crippen molar-refractivity contribution in [1.82, 2.24) is 0 Å². The van der Waals surface area contributed by atoms with E-state index in [-0.39, 0.29) is 17.6 Å². The lowest BCUT2D eigenvalue weighted by molar-refractivity contribution is -0.0388. The van der Waals surface area contributed by atoms with Gasteiger partial charge in [0.2, 0.25) is 0 Å². The Morgan fingerprint density at radius 3 is 2.60 bits per heavy atom. The Morgan fingerprint density at radius 1 is 1.12 bits per heavy atom. The molecule has 25 heavy (non-hydrogen) atoms. The molecule has 2 aliphatic heterocycles. The van der Waals surface area contributed by atoms with Gasteiger partial charge in [0.15, 0.2) is 0 Å². The van der Waals surface area contributed by atoms with Crippen LogP contribution in [0.15, 0.2) is 36.4 Å². The summed E-state index contributed by atoms with van der Waals surface area (Å²) in [5, 5.41) is 3.40. The molecule has 2 aromatic carbocycles. The minimum atomic E-state index is -0.496. The average molecular weight is 343 g/mol. The van der Waals surface area contributed by atoms with E-state index in [0.717, 1.165) is 24.1 Å². The number of rotatable bonds is 2. The minimum Gasteiger partial charge on any atom is -0.377 e. The lowest BCUT2D eigenvalue weighted by Gasteiger charge is -2.43. The highest BCUT2D eigenvalue weighted by Gasteiger charge is 2.41. The van der Waals surface area contributed by atoms with Crippen LogP contribution in [-0.4, -0.2) is 6.61 Å². The van der Waals surface area contributed by atoms with Crippen LogP contribution in [0, 0.1) is 17.6 Å². The average Bonchev–Trinajstić information content (AvgIpc) is 2.61. The Morgan fingerprint density at radius 2 is 1.88 bits per heavy atom. The number of ether oxygens (including phenoxy) is 1. The fourth-order valence-corrected chi connectivity index (χ4v) is 4.14. The molecule has 0 unspecified atom stereocenters. The monoisotopic (exact) mass is 343 g/mol. The van der Waals surface area contributed by atoms with Gasteiger partial charge < -0.3 is 10.1 Å². The van der Waals surface area contributed by atoms with Gasteiger partial charge in [-0.15, -0.1) is 0 Å². The summed E-state index contributed by atoms with van der Waals surface area (Å²) in [6, 6.07) is 9.94. The minimum absolute atomic E-state index is 0.0232. The highest BCUT2D eigenvalue weighted by atomic mass is 19.1. The summed E-state index contributed by atoms with van der Waals surface area (Å²) in [7, 11) is 0. The Labute approximate surface area is 147 Å². The van der Waals surface area contributed by atoms with Crippen LogP contribution < -0.4 is 5.32 Å². The Balaban J connectivity index is 1.81. The smallest absolute Gasteiger partial charge is 0.131 e. The first kappa shape index (κ1) is 16.5. The maximum atomic E-state index is 14.4. The van der Waals surface area contributed by atoms with Crippen molar-refractivity contribution < 1.29 is 13.5 Å². The molecule has 0 amide bonds. The molecule has 1 fully saturated rings. The highest BCUT2D eigenvalue weighted by Crippen LogP contribution is 2.50. The molecule has 132 valence electrons. The van der Waals surface area contributed by atoms with Crippen molar-refractivity contribution in [2.75, 3.05) is 11.9 Å². The van der Waals surface area contributed by atoms with E-state index in [0.29, 0.717) is 12.5 Å². The van der Waals surface area contributed by atoms with Crippen LogP contribution in [0.3, 0.4) is 0 Å². The predicted octanol–water partition coefficient (Wildman–Crippen LogP) is 5.72.